The van der Waals surface area contributed by atoms with Crippen molar-refractivity contribution in [1.29, 1.82) is 0 Å². The van der Waals surface area contributed by atoms with Gasteiger partial charge in [0.05, 0.1) is 11.9 Å². The van der Waals surface area contributed by atoms with Crippen molar-refractivity contribution in [3.8, 4) is 0 Å². The minimum absolute atomic E-state index is 0.251. The number of nitrogens with one attached hydrogen (secondary N) is 1. The van der Waals surface area contributed by atoms with Crippen LogP contribution < -0.4 is 0 Å². The van der Waals surface area contributed by atoms with E-state index in [1.165, 1.54) is 0 Å². The van der Waals surface area contributed by atoms with Crippen LogP contribution in [0.4, 0.5) is 3.89 Å². The zero-order valence-corrected chi connectivity index (χ0v) is 8.23. The van der Waals surface area contributed by atoms with Crippen molar-refractivity contribution >= 4 is 10.2 Å². The molecule has 4 nitrogen and oxygen atoms in total. The van der Waals surface area contributed by atoms with E-state index < -0.39 is 10.2 Å². The van der Waals surface area contributed by atoms with Gasteiger partial charge in [0.25, 0.3) is 0 Å². The summed E-state index contributed by atoms with van der Waals surface area (Å²) in [7, 11) is -4.63. The predicted octanol–water partition coefficient (Wildman–Crippen LogP) is 1.27. The van der Waals surface area contributed by atoms with Gasteiger partial charge in [0.2, 0.25) is 0 Å². The highest BCUT2D eigenvalue weighted by Gasteiger charge is 2.19. The van der Waals surface area contributed by atoms with Gasteiger partial charge in [-0.3, -0.25) is 5.10 Å². The van der Waals surface area contributed by atoms with Crippen LogP contribution in [0.15, 0.2) is 11.1 Å². The molecule has 1 N–H and O–H groups in total. The average molecular weight is 206 g/mol. The Balaban J connectivity index is 3.04. The number of aromatic nitrogens is 2. The molecular weight excluding hydrogens is 195 g/mol. The second-order valence-electron chi connectivity index (χ2n) is 3.25. The molecule has 1 aromatic heterocycles. The van der Waals surface area contributed by atoms with Crippen LogP contribution in [0.5, 0.6) is 0 Å². The number of rotatable bonds is 3. The monoisotopic (exact) mass is 206 g/mol. The number of aromatic amines is 1. The maximum absolute atomic E-state index is 12.6. The lowest BCUT2D eigenvalue weighted by molar-refractivity contribution is 0.548. The van der Waals surface area contributed by atoms with Gasteiger partial charge in [0.1, 0.15) is 4.90 Å². The summed E-state index contributed by atoms with van der Waals surface area (Å²) < 4.78 is 33.7. The molecule has 1 aromatic rings. The van der Waals surface area contributed by atoms with Crippen LogP contribution in [0.3, 0.4) is 0 Å². The summed E-state index contributed by atoms with van der Waals surface area (Å²) in [5, 5.41) is 5.97. The van der Waals surface area contributed by atoms with Gasteiger partial charge in [0, 0.05) is 0 Å². The highest BCUT2D eigenvalue weighted by molar-refractivity contribution is 7.86. The Labute approximate surface area is 76.4 Å². The van der Waals surface area contributed by atoms with E-state index in [0.717, 1.165) is 6.20 Å². The van der Waals surface area contributed by atoms with Crippen LogP contribution in [0, 0.1) is 5.92 Å². The van der Waals surface area contributed by atoms with Gasteiger partial charge in [-0.1, -0.05) is 13.8 Å². The molecule has 0 spiro atoms. The Hall–Kier alpha value is -0.910. The van der Waals surface area contributed by atoms with E-state index in [2.05, 4.69) is 10.2 Å². The smallest absolute Gasteiger partial charge is 0.281 e. The van der Waals surface area contributed by atoms with E-state index in [4.69, 9.17) is 0 Å². The zero-order valence-electron chi connectivity index (χ0n) is 7.41. The van der Waals surface area contributed by atoms with E-state index >= 15 is 0 Å². The summed E-state index contributed by atoms with van der Waals surface area (Å²) >= 11 is 0. The molecule has 0 amide bonds. The number of halogens is 1. The van der Waals surface area contributed by atoms with Gasteiger partial charge in [-0.2, -0.15) is 13.5 Å². The van der Waals surface area contributed by atoms with Gasteiger partial charge in [-0.15, -0.1) is 3.89 Å². The van der Waals surface area contributed by atoms with Crippen molar-refractivity contribution in [2.24, 2.45) is 5.92 Å². The minimum atomic E-state index is -4.63. The maximum atomic E-state index is 12.6. The minimum Gasteiger partial charge on any atom is -0.281 e. The van der Waals surface area contributed by atoms with Crippen LogP contribution in [0.2, 0.25) is 0 Å². The van der Waals surface area contributed by atoms with Crippen LogP contribution in [-0.4, -0.2) is 18.6 Å². The zero-order chi connectivity index (χ0) is 10.1. The summed E-state index contributed by atoms with van der Waals surface area (Å²) in [6, 6.07) is 0. The predicted molar refractivity (Wildman–Crippen MR) is 45.4 cm³/mol. The standard InChI is InChI=1S/C7H11FN2O2S/c1-5(2)3-6-7(4-9-10-6)13(8,11)12/h4-5H,3H2,1-2H3,(H,9,10). The van der Waals surface area contributed by atoms with Crippen LogP contribution in [0.1, 0.15) is 19.5 Å². The quantitative estimate of drug-likeness (QED) is 0.757. The molecule has 0 unspecified atom stereocenters. The fourth-order valence-electron chi connectivity index (χ4n) is 1.07. The molecule has 1 heterocycles. The van der Waals surface area contributed by atoms with Gasteiger partial charge in [0.15, 0.2) is 0 Å². The molecule has 0 aliphatic heterocycles. The topological polar surface area (TPSA) is 62.8 Å². The van der Waals surface area contributed by atoms with Crippen LogP contribution in [-0.2, 0) is 16.6 Å². The summed E-state index contributed by atoms with van der Waals surface area (Å²) in [6.07, 6.45) is 1.46. The number of nitrogens with zero attached hydrogens (tertiary/aromatic N) is 1. The third kappa shape index (κ3) is 2.51. The SMILES string of the molecule is CC(C)Cc1[nH]ncc1S(=O)(=O)F. The van der Waals surface area contributed by atoms with Crippen LogP contribution in [0.25, 0.3) is 0 Å². The summed E-state index contributed by atoms with van der Waals surface area (Å²) in [4.78, 5) is -0.346. The van der Waals surface area contributed by atoms with E-state index in [9.17, 15) is 12.3 Å². The van der Waals surface area contributed by atoms with Crippen molar-refractivity contribution in [2.45, 2.75) is 25.2 Å². The number of hydrogen-bond donors (Lipinski definition) is 1. The van der Waals surface area contributed by atoms with E-state index in [0.29, 0.717) is 12.1 Å². The third-order valence-corrected chi connectivity index (χ3v) is 2.43. The summed E-state index contributed by atoms with van der Waals surface area (Å²) in [5.41, 5.74) is 0.331. The molecular formula is C7H11FN2O2S. The molecule has 0 fully saturated rings. The van der Waals surface area contributed by atoms with Gasteiger partial charge in [-0.25, -0.2) is 0 Å². The molecule has 1 rings (SSSR count). The molecule has 0 aliphatic rings. The Morgan fingerprint density at radius 1 is 1.62 bits per heavy atom. The first-order chi connectivity index (χ1) is 5.91. The van der Waals surface area contributed by atoms with Gasteiger partial charge in [-0.05, 0) is 12.3 Å². The number of hydrogen-bond acceptors (Lipinski definition) is 3. The first kappa shape index (κ1) is 10.2. The molecule has 0 saturated carbocycles. The lowest BCUT2D eigenvalue weighted by atomic mass is 10.1. The molecule has 0 radical (unpaired) electrons. The number of H-pyrrole nitrogens is 1. The molecule has 0 atom stereocenters. The lowest BCUT2D eigenvalue weighted by Crippen LogP contribution is -2.00. The lowest BCUT2D eigenvalue weighted by Gasteiger charge is -2.02. The third-order valence-electron chi connectivity index (χ3n) is 1.55. The fraction of sp³-hybridized carbons (Fsp3) is 0.571. The fourth-order valence-corrected chi connectivity index (χ4v) is 1.67. The second kappa shape index (κ2) is 3.45. The molecule has 6 heteroatoms. The highest BCUT2D eigenvalue weighted by atomic mass is 32.3. The maximum Gasteiger partial charge on any atom is 0.335 e. The van der Waals surface area contributed by atoms with Crippen molar-refractivity contribution in [1.82, 2.24) is 10.2 Å². The first-order valence-electron chi connectivity index (χ1n) is 3.88. The van der Waals surface area contributed by atoms with Gasteiger partial charge < -0.3 is 0 Å². The molecule has 74 valence electrons. The Kier molecular flexibility index (Phi) is 2.70. The van der Waals surface area contributed by atoms with Crippen LogP contribution >= 0.6 is 0 Å². The largest absolute Gasteiger partial charge is 0.335 e. The molecule has 0 saturated heterocycles. The second-order valence-corrected chi connectivity index (χ2v) is 4.56. The van der Waals surface area contributed by atoms with Crippen molar-refractivity contribution in [2.75, 3.05) is 0 Å². The summed E-state index contributed by atoms with van der Waals surface area (Å²) in [5.74, 6) is 0.251. The highest BCUT2D eigenvalue weighted by Crippen LogP contribution is 2.17. The van der Waals surface area contributed by atoms with Crippen molar-refractivity contribution in [3.63, 3.8) is 0 Å². The average Bonchev–Trinajstić information content (AvgIpc) is 2.31. The Morgan fingerprint density at radius 2 is 2.23 bits per heavy atom. The Morgan fingerprint density at radius 3 is 2.69 bits per heavy atom. The summed E-state index contributed by atoms with van der Waals surface area (Å²) in [6.45, 7) is 3.82. The molecule has 0 aliphatic carbocycles. The van der Waals surface area contributed by atoms with E-state index in [1.54, 1.807) is 0 Å². The van der Waals surface area contributed by atoms with Crippen molar-refractivity contribution < 1.29 is 12.3 Å². The normalized spacial score (nSPS) is 12.3. The van der Waals surface area contributed by atoms with E-state index in [-0.39, 0.29) is 10.8 Å². The van der Waals surface area contributed by atoms with E-state index in [1.807, 2.05) is 13.8 Å². The molecule has 13 heavy (non-hydrogen) atoms. The Bertz CT molecular complexity index is 383. The van der Waals surface area contributed by atoms with Crippen molar-refractivity contribution in [3.05, 3.63) is 11.9 Å². The first-order valence-corrected chi connectivity index (χ1v) is 5.26. The molecule has 0 bridgehead atoms. The van der Waals surface area contributed by atoms with Gasteiger partial charge >= 0.3 is 10.2 Å². The molecule has 0 aromatic carbocycles.